The molecule has 3 rings (SSSR count). The van der Waals surface area contributed by atoms with Gasteiger partial charge in [0.1, 0.15) is 5.75 Å². The molecule has 1 aromatic carbocycles. The molecule has 2 N–H and O–H groups in total. The molecule has 2 aliphatic carbocycles. The number of hydrogen-bond donors (Lipinski definition) is 2. The molecule has 3 heteroatoms. The number of phenolic OH excluding ortho intramolecular Hbond substituents is 1. The fourth-order valence-electron chi connectivity index (χ4n) is 4.67. The molecule has 2 fully saturated rings. The molecule has 0 atom stereocenters. The zero-order chi connectivity index (χ0) is 20.7. The molecule has 162 valence electrons. The van der Waals surface area contributed by atoms with Gasteiger partial charge in [0.25, 0.3) is 0 Å². The summed E-state index contributed by atoms with van der Waals surface area (Å²) in [6.45, 7) is 2.42. The average molecular weight is 401 g/mol. The molecule has 2 saturated carbocycles. The lowest BCUT2D eigenvalue weighted by molar-refractivity contribution is -0.143. The lowest BCUT2D eigenvalue weighted by Crippen LogP contribution is -2.14. The predicted molar refractivity (Wildman–Crippen MR) is 118 cm³/mol. The van der Waals surface area contributed by atoms with Gasteiger partial charge in [-0.2, -0.15) is 0 Å². The third-order valence-electron chi connectivity index (χ3n) is 7.47. The van der Waals surface area contributed by atoms with Gasteiger partial charge >= 0.3 is 5.97 Å². The van der Waals surface area contributed by atoms with E-state index in [2.05, 4.69) is 13.0 Å². The highest BCUT2D eigenvalue weighted by atomic mass is 16.4. The Morgan fingerprint density at radius 1 is 0.862 bits per heavy atom. The van der Waals surface area contributed by atoms with Gasteiger partial charge in [-0.05, 0) is 86.8 Å². The van der Waals surface area contributed by atoms with E-state index >= 15 is 0 Å². The van der Waals surface area contributed by atoms with Crippen LogP contribution < -0.4 is 0 Å². The molecule has 0 amide bonds. The molecule has 0 heterocycles. The molecular weight excluding hydrogens is 360 g/mol. The van der Waals surface area contributed by atoms with Crippen LogP contribution in [-0.4, -0.2) is 16.2 Å². The van der Waals surface area contributed by atoms with Crippen LogP contribution in [0.3, 0.4) is 0 Å². The van der Waals surface area contributed by atoms with Gasteiger partial charge in [-0.1, -0.05) is 57.6 Å². The summed E-state index contributed by atoms with van der Waals surface area (Å²) in [6.07, 6.45) is 18.3. The van der Waals surface area contributed by atoms with E-state index in [0.717, 1.165) is 63.4 Å². The third-order valence-corrected chi connectivity index (χ3v) is 7.47. The number of aliphatic carboxylic acids is 1. The molecule has 3 nitrogen and oxygen atoms in total. The minimum absolute atomic E-state index is 0.374. The van der Waals surface area contributed by atoms with Crippen LogP contribution in [-0.2, 0) is 17.6 Å². The normalized spacial score (nSPS) is 18.5. The monoisotopic (exact) mass is 400 g/mol. The summed E-state index contributed by atoms with van der Waals surface area (Å²) in [4.78, 5) is 11.2. The SMILES string of the molecule is CC1(CCCCCCc2cccc(O)c2CCCCCCC2(C(=O)O)CC2)CC1. The van der Waals surface area contributed by atoms with Gasteiger partial charge in [0, 0.05) is 0 Å². The summed E-state index contributed by atoms with van der Waals surface area (Å²) in [5.41, 5.74) is 2.77. The second kappa shape index (κ2) is 10.00. The van der Waals surface area contributed by atoms with Crippen LogP contribution in [0, 0.1) is 10.8 Å². The van der Waals surface area contributed by atoms with E-state index in [1.165, 1.54) is 50.5 Å². The predicted octanol–water partition coefficient (Wildman–Crippen LogP) is 7.04. The Hall–Kier alpha value is -1.51. The molecule has 0 spiro atoms. The number of hydrogen-bond acceptors (Lipinski definition) is 2. The van der Waals surface area contributed by atoms with Gasteiger partial charge < -0.3 is 10.2 Å². The van der Waals surface area contributed by atoms with E-state index in [4.69, 9.17) is 0 Å². The van der Waals surface area contributed by atoms with E-state index < -0.39 is 5.97 Å². The highest BCUT2D eigenvalue weighted by Crippen LogP contribution is 2.50. The van der Waals surface area contributed by atoms with Crippen molar-refractivity contribution in [2.45, 2.75) is 110 Å². The Kier molecular flexibility index (Phi) is 7.65. The topological polar surface area (TPSA) is 57.5 Å². The van der Waals surface area contributed by atoms with Crippen molar-refractivity contribution in [3.63, 3.8) is 0 Å². The molecule has 0 radical (unpaired) electrons. The maximum Gasteiger partial charge on any atom is 0.309 e. The number of benzene rings is 1. The zero-order valence-corrected chi connectivity index (χ0v) is 18.3. The van der Waals surface area contributed by atoms with Crippen LogP contribution in [0.1, 0.15) is 108 Å². The molecule has 1 aromatic rings. The van der Waals surface area contributed by atoms with Gasteiger partial charge in [0.15, 0.2) is 0 Å². The fourth-order valence-corrected chi connectivity index (χ4v) is 4.67. The molecule has 0 aromatic heterocycles. The third kappa shape index (κ3) is 6.76. The van der Waals surface area contributed by atoms with Crippen molar-refractivity contribution in [3.05, 3.63) is 29.3 Å². The number of unbranched alkanes of at least 4 members (excludes halogenated alkanes) is 6. The van der Waals surface area contributed by atoms with Crippen LogP contribution in [0.5, 0.6) is 5.75 Å². The Morgan fingerprint density at radius 2 is 1.48 bits per heavy atom. The molecular formula is C26H40O3. The van der Waals surface area contributed by atoms with Crippen LogP contribution in [0.15, 0.2) is 18.2 Å². The maximum absolute atomic E-state index is 11.2. The van der Waals surface area contributed by atoms with Crippen molar-refractivity contribution in [3.8, 4) is 5.75 Å². The first-order valence-corrected chi connectivity index (χ1v) is 12.0. The first-order valence-electron chi connectivity index (χ1n) is 12.0. The Balaban J connectivity index is 1.31. The highest BCUT2D eigenvalue weighted by Gasteiger charge is 2.49. The summed E-state index contributed by atoms with van der Waals surface area (Å²) < 4.78 is 0. The lowest BCUT2D eigenvalue weighted by atomic mass is 9.94. The minimum Gasteiger partial charge on any atom is -0.508 e. The molecule has 0 unspecified atom stereocenters. The van der Waals surface area contributed by atoms with Crippen molar-refractivity contribution in [1.29, 1.82) is 0 Å². The first kappa shape index (κ1) is 22.2. The van der Waals surface area contributed by atoms with Crippen molar-refractivity contribution >= 4 is 5.97 Å². The standard InChI is InChI=1S/C26H40O3/c1-25(17-18-25)15-8-4-2-6-11-21-12-10-14-23(27)22(21)13-7-3-5-9-16-26(19-20-26)24(28)29/h10,12,14,27H,2-9,11,13,15-20H2,1H3,(H,28,29). The number of carboxylic acid groups (broad SMARTS) is 1. The van der Waals surface area contributed by atoms with Crippen LogP contribution in [0.4, 0.5) is 0 Å². The summed E-state index contributed by atoms with van der Waals surface area (Å²) in [5.74, 6) is -0.148. The van der Waals surface area contributed by atoms with Crippen molar-refractivity contribution in [2.24, 2.45) is 10.8 Å². The molecule has 0 aliphatic heterocycles. The smallest absolute Gasteiger partial charge is 0.309 e. The molecule has 2 aliphatic rings. The highest BCUT2D eigenvalue weighted by molar-refractivity contribution is 5.77. The maximum atomic E-state index is 11.2. The van der Waals surface area contributed by atoms with Crippen LogP contribution in [0.2, 0.25) is 0 Å². The Bertz CT molecular complexity index is 671. The number of phenols is 1. The zero-order valence-electron chi connectivity index (χ0n) is 18.3. The van der Waals surface area contributed by atoms with Crippen LogP contribution in [0.25, 0.3) is 0 Å². The van der Waals surface area contributed by atoms with Gasteiger partial charge in [0.05, 0.1) is 5.41 Å². The van der Waals surface area contributed by atoms with Crippen molar-refractivity contribution in [1.82, 2.24) is 0 Å². The van der Waals surface area contributed by atoms with Gasteiger partial charge in [-0.25, -0.2) is 0 Å². The number of carbonyl (C=O) groups is 1. The minimum atomic E-state index is -0.599. The Labute approximate surface area is 176 Å². The quantitative estimate of drug-likeness (QED) is 0.310. The van der Waals surface area contributed by atoms with E-state index in [1.54, 1.807) is 0 Å². The van der Waals surface area contributed by atoms with Crippen molar-refractivity contribution < 1.29 is 15.0 Å². The van der Waals surface area contributed by atoms with Crippen molar-refractivity contribution in [2.75, 3.05) is 0 Å². The van der Waals surface area contributed by atoms with E-state index in [9.17, 15) is 15.0 Å². The largest absolute Gasteiger partial charge is 0.508 e. The summed E-state index contributed by atoms with van der Waals surface area (Å²) in [5, 5.41) is 19.6. The summed E-state index contributed by atoms with van der Waals surface area (Å²) >= 11 is 0. The lowest BCUT2D eigenvalue weighted by Gasteiger charge is -2.12. The summed E-state index contributed by atoms with van der Waals surface area (Å²) in [7, 11) is 0. The van der Waals surface area contributed by atoms with E-state index in [0.29, 0.717) is 11.2 Å². The molecule has 0 saturated heterocycles. The molecule has 29 heavy (non-hydrogen) atoms. The van der Waals surface area contributed by atoms with Gasteiger partial charge in [-0.3, -0.25) is 4.79 Å². The van der Waals surface area contributed by atoms with Crippen LogP contribution >= 0.6 is 0 Å². The number of aryl methyl sites for hydroxylation is 1. The number of rotatable bonds is 15. The van der Waals surface area contributed by atoms with Gasteiger partial charge in [-0.15, -0.1) is 0 Å². The average Bonchev–Trinajstić information content (AvgIpc) is 3.61. The Morgan fingerprint density at radius 3 is 2.10 bits per heavy atom. The van der Waals surface area contributed by atoms with E-state index in [-0.39, 0.29) is 5.41 Å². The van der Waals surface area contributed by atoms with E-state index in [1.807, 2.05) is 12.1 Å². The number of aromatic hydroxyl groups is 1. The number of carboxylic acids is 1. The fraction of sp³-hybridized carbons (Fsp3) is 0.731. The second-order valence-electron chi connectivity index (χ2n) is 10.1. The van der Waals surface area contributed by atoms with Gasteiger partial charge in [0.2, 0.25) is 0 Å². The first-order chi connectivity index (χ1) is 13.9. The molecule has 0 bridgehead atoms. The summed E-state index contributed by atoms with van der Waals surface area (Å²) in [6, 6.07) is 5.98. The second-order valence-corrected chi connectivity index (χ2v) is 10.1.